The summed E-state index contributed by atoms with van der Waals surface area (Å²) in [6.45, 7) is 6.39. The number of benzene rings is 1. The summed E-state index contributed by atoms with van der Waals surface area (Å²) in [6.07, 6.45) is 6.18. The van der Waals surface area contributed by atoms with Crippen LogP contribution in [0.15, 0.2) is 65.7 Å². The molecule has 20 heavy (non-hydrogen) atoms. The lowest BCUT2D eigenvalue weighted by molar-refractivity contribution is -0.129. The van der Waals surface area contributed by atoms with Crippen LogP contribution in [0, 0.1) is 0 Å². The molecule has 2 nitrogen and oxygen atoms in total. The van der Waals surface area contributed by atoms with E-state index in [1.807, 2.05) is 35.3 Å². The lowest BCUT2D eigenvalue weighted by Crippen LogP contribution is -2.28. The first-order valence-electron chi connectivity index (χ1n) is 6.69. The van der Waals surface area contributed by atoms with E-state index in [2.05, 4.69) is 25.6 Å². The summed E-state index contributed by atoms with van der Waals surface area (Å²) >= 11 is 1.75. The van der Waals surface area contributed by atoms with Gasteiger partial charge in [-0.25, -0.2) is 0 Å². The van der Waals surface area contributed by atoms with Crippen molar-refractivity contribution in [2.75, 3.05) is 5.75 Å². The van der Waals surface area contributed by atoms with Gasteiger partial charge in [-0.15, -0.1) is 11.8 Å². The largest absolute Gasteiger partial charge is 0.307 e. The van der Waals surface area contributed by atoms with Crippen LogP contribution < -0.4 is 0 Å². The SMILES string of the molecule is C=C/C=C\C1=C(C)SCCC(=O)N1Cc1ccccc1. The molecule has 1 amide bonds. The van der Waals surface area contributed by atoms with Crippen LogP contribution in [0.25, 0.3) is 0 Å². The van der Waals surface area contributed by atoms with Crippen molar-refractivity contribution in [2.45, 2.75) is 19.9 Å². The van der Waals surface area contributed by atoms with Crippen molar-refractivity contribution in [3.05, 3.63) is 71.3 Å². The molecule has 0 aliphatic carbocycles. The standard InChI is InChI=1S/C17H19NOS/c1-3-4-10-16-14(2)20-12-11-17(19)18(16)13-15-8-6-5-7-9-15/h3-10H,1,11-13H2,2H3/b10-4-. The normalized spacial score (nSPS) is 16.6. The van der Waals surface area contributed by atoms with Crippen LogP contribution in [0.4, 0.5) is 0 Å². The van der Waals surface area contributed by atoms with Gasteiger partial charge in [0.1, 0.15) is 0 Å². The van der Waals surface area contributed by atoms with E-state index in [0.29, 0.717) is 13.0 Å². The Morgan fingerprint density at radius 2 is 2.10 bits per heavy atom. The highest BCUT2D eigenvalue weighted by molar-refractivity contribution is 8.03. The van der Waals surface area contributed by atoms with Gasteiger partial charge in [-0.2, -0.15) is 0 Å². The van der Waals surface area contributed by atoms with E-state index in [-0.39, 0.29) is 5.91 Å². The number of hydrogen-bond donors (Lipinski definition) is 0. The third-order valence-corrected chi connectivity index (χ3v) is 4.21. The first-order valence-corrected chi connectivity index (χ1v) is 7.68. The number of rotatable bonds is 4. The molecule has 1 aromatic carbocycles. The predicted molar refractivity (Wildman–Crippen MR) is 86.1 cm³/mol. The number of amides is 1. The minimum Gasteiger partial charge on any atom is -0.307 e. The van der Waals surface area contributed by atoms with E-state index >= 15 is 0 Å². The zero-order valence-corrected chi connectivity index (χ0v) is 12.5. The van der Waals surface area contributed by atoms with Crippen molar-refractivity contribution >= 4 is 17.7 Å². The number of carbonyl (C=O) groups is 1. The predicted octanol–water partition coefficient (Wildman–Crippen LogP) is 4.13. The monoisotopic (exact) mass is 285 g/mol. The minimum absolute atomic E-state index is 0.182. The van der Waals surface area contributed by atoms with Crippen molar-refractivity contribution in [1.29, 1.82) is 0 Å². The Kier molecular flexibility index (Phi) is 5.24. The Balaban J connectivity index is 2.32. The summed E-state index contributed by atoms with van der Waals surface area (Å²) in [6, 6.07) is 10.1. The molecule has 0 saturated carbocycles. The molecular formula is C17H19NOS. The number of hydrogen-bond acceptors (Lipinski definition) is 2. The zero-order chi connectivity index (χ0) is 14.4. The molecule has 0 N–H and O–H groups in total. The lowest BCUT2D eigenvalue weighted by atomic mass is 10.2. The van der Waals surface area contributed by atoms with Crippen LogP contribution in [-0.2, 0) is 11.3 Å². The van der Waals surface area contributed by atoms with Crippen LogP contribution >= 0.6 is 11.8 Å². The summed E-state index contributed by atoms with van der Waals surface area (Å²) < 4.78 is 0. The van der Waals surface area contributed by atoms with E-state index in [1.54, 1.807) is 17.8 Å². The van der Waals surface area contributed by atoms with E-state index in [0.717, 1.165) is 17.0 Å². The molecule has 0 aromatic heterocycles. The van der Waals surface area contributed by atoms with Crippen LogP contribution in [0.2, 0.25) is 0 Å². The number of nitrogens with zero attached hydrogens (tertiary/aromatic N) is 1. The van der Waals surface area contributed by atoms with Gasteiger partial charge in [0.15, 0.2) is 0 Å². The molecule has 1 aliphatic rings. The van der Waals surface area contributed by atoms with Crippen molar-refractivity contribution < 1.29 is 4.79 Å². The second-order valence-corrected chi connectivity index (χ2v) is 5.91. The Hall–Kier alpha value is -1.74. The number of allylic oxidation sites excluding steroid dienone is 4. The molecule has 0 unspecified atom stereocenters. The van der Waals surface area contributed by atoms with E-state index in [9.17, 15) is 4.79 Å². The highest BCUT2D eigenvalue weighted by Crippen LogP contribution is 2.29. The fraction of sp³-hybridized carbons (Fsp3) is 0.235. The van der Waals surface area contributed by atoms with Gasteiger partial charge in [-0.05, 0) is 18.6 Å². The maximum Gasteiger partial charge on any atom is 0.228 e. The van der Waals surface area contributed by atoms with E-state index in [4.69, 9.17) is 0 Å². The molecule has 1 aliphatic heterocycles. The fourth-order valence-electron chi connectivity index (χ4n) is 2.13. The topological polar surface area (TPSA) is 20.3 Å². The first kappa shape index (κ1) is 14.7. The van der Waals surface area contributed by atoms with Crippen molar-refractivity contribution in [3.8, 4) is 0 Å². The summed E-state index contributed by atoms with van der Waals surface area (Å²) in [5.74, 6) is 1.03. The molecule has 0 fully saturated rings. The zero-order valence-electron chi connectivity index (χ0n) is 11.7. The third kappa shape index (κ3) is 3.64. The molecule has 0 spiro atoms. The lowest BCUT2D eigenvalue weighted by Gasteiger charge is -2.23. The summed E-state index contributed by atoms with van der Waals surface area (Å²) in [4.78, 5) is 15.4. The number of carbonyl (C=O) groups excluding carboxylic acids is 1. The highest BCUT2D eigenvalue weighted by Gasteiger charge is 2.21. The van der Waals surface area contributed by atoms with Gasteiger partial charge in [0.2, 0.25) is 5.91 Å². The van der Waals surface area contributed by atoms with Gasteiger partial charge in [0.05, 0.1) is 12.2 Å². The minimum atomic E-state index is 0.182. The van der Waals surface area contributed by atoms with Crippen molar-refractivity contribution in [2.24, 2.45) is 0 Å². The van der Waals surface area contributed by atoms with Gasteiger partial charge in [0.25, 0.3) is 0 Å². The highest BCUT2D eigenvalue weighted by atomic mass is 32.2. The molecule has 0 radical (unpaired) electrons. The molecule has 0 saturated heterocycles. The second kappa shape index (κ2) is 7.15. The van der Waals surface area contributed by atoms with Crippen molar-refractivity contribution in [1.82, 2.24) is 4.90 Å². The molecule has 2 rings (SSSR count). The summed E-state index contributed by atoms with van der Waals surface area (Å²) in [5.41, 5.74) is 2.13. The Labute approximate surface area is 124 Å². The van der Waals surface area contributed by atoms with Crippen LogP contribution in [0.3, 0.4) is 0 Å². The average Bonchev–Trinajstić information content (AvgIpc) is 2.59. The van der Waals surface area contributed by atoms with E-state index < -0.39 is 0 Å². The van der Waals surface area contributed by atoms with Crippen LogP contribution in [0.5, 0.6) is 0 Å². The smallest absolute Gasteiger partial charge is 0.228 e. The van der Waals surface area contributed by atoms with Crippen LogP contribution in [0.1, 0.15) is 18.9 Å². The van der Waals surface area contributed by atoms with Gasteiger partial charge in [-0.1, -0.05) is 49.1 Å². The molecule has 104 valence electrons. The average molecular weight is 285 g/mol. The molecule has 0 bridgehead atoms. The molecule has 3 heteroatoms. The Morgan fingerprint density at radius 1 is 1.35 bits per heavy atom. The van der Waals surface area contributed by atoms with Crippen molar-refractivity contribution in [3.63, 3.8) is 0 Å². The number of thioether (sulfide) groups is 1. The molecular weight excluding hydrogens is 266 g/mol. The maximum atomic E-state index is 12.4. The van der Waals surface area contributed by atoms with E-state index in [1.165, 1.54) is 4.91 Å². The third-order valence-electron chi connectivity index (χ3n) is 3.16. The second-order valence-electron chi connectivity index (χ2n) is 4.60. The van der Waals surface area contributed by atoms with Gasteiger partial charge >= 0.3 is 0 Å². The summed E-state index contributed by atoms with van der Waals surface area (Å²) in [7, 11) is 0. The first-order chi connectivity index (χ1) is 9.72. The fourth-order valence-corrected chi connectivity index (χ4v) is 3.04. The quantitative estimate of drug-likeness (QED) is 0.775. The Bertz CT molecular complexity index is 545. The summed E-state index contributed by atoms with van der Waals surface area (Å²) in [5, 5.41) is 0. The van der Waals surface area contributed by atoms with Gasteiger partial charge in [-0.3, -0.25) is 4.79 Å². The van der Waals surface area contributed by atoms with Crippen LogP contribution in [-0.4, -0.2) is 16.6 Å². The molecule has 1 aromatic rings. The van der Waals surface area contributed by atoms with Gasteiger partial charge in [0, 0.05) is 17.1 Å². The Morgan fingerprint density at radius 3 is 2.80 bits per heavy atom. The molecule has 1 heterocycles. The van der Waals surface area contributed by atoms with Gasteiger partial charge < -0.3 is 4.90 Å². The molecule has 0 atom stereocenters. The maximum absolute atomic E-state index is 12.4.